The largest absolute Gasteiger partial charge is 0.573 e. The van der Waals surface area contributed by atoms with Gasteiger partial charge in [-0.3, -0.25) is 0 Å². The number of aliphatic hydroxyl groups is 1. The molecule has 0 radical (unpaired) electrons. The molecule has 0 amide bonds. The van der Waals surface area contributed by atoms with Crippen LogP contribution in [-0.2, 0) is 4.79 Å². The normalized spacial score (nSPS) is 13.2. The topological polar surface area (TPSA) is 92.8 Å². The number of nitrogen functional groups attached to an aromatic ring is 1. The minimum atomic E-state index is -5.15. The molecule has 0 aliphatic rings. The highest BCUT2D eigenvalue weighted by molar-refractivity contribution is 5.77. The lowest BCUT2D eigenvalue weighted by Gasteiger charge is -2.17. The van der Waals surface area contributed by atoms with Crippen LogP contribution in [0.1, 0.15) is 11.7 Å². The second kappa shape index (κ2) is 4.69. The smallest absolute Gasteiger partial charge is 0.479 e. The second-order valence-electron chi connectivity index (χ2n) is 3.20. The molecule has 0 aliphatic heterocycles. The molecule has 18 heavy (non-hydrogen) atoms. The third-order valence-corrected chi connectivity index (χ3v) is 1.86. The molecule has 1 unspecified atom stereocenters. The number of alkyl halides is 3. The number of hydrogen-bond donors (Lipinski definition) is 3. The monoisotopic (exact) mass is 269 g/mol. The maximum absolute atomic E-state index is 12.9. The van der Waals surface area contributed by atoms with E-state index in [-0.39, 0.29) is 0 Å². The number of carbonyl (C=O) groups is 1. The van der Waals surface area contributed by atoms with Crippen molar-refractivity contribution in [2.24, 2.45) is 0 Å². The zero-order valence-electron chi connectivity index (χ0n) is 8.53. The van der Waals surface area contributed by atoms with Crippen LogP contribution in [0.25, 0.3) is 0 Å². The predicted molar refractivity (Wildman–Crippen MR) is 50.1 cm³/mol. The first-order valence-electron chi connectivity index (χ1n) is 4.37. The lowest BCUT2D eigenvalue weighted by Crippen LogP contribution is -2.21. The van der Waals surface area contributed by atoms with E-state index in [0.717, 1.165) is 0 Å². The van der Waals surface area contributed by atoms with Gasteiger partial charge in [-0.05, 0) is 6.07 Å². The van der Waals surface area contributed by atoms with Crippen LogP contribution in [0.3, 0.4) is 0 Å². The van der Waals surface area contributed by atoms with Gasteiger partial charge in [0, 0.05) is 11.6 Å². The van der Waals surface area contributed by atoms with Crippen molar-refractivity contribution in [3.63, 3.8) is 0 Å². The first kappa shape index (κ1) is 14.0. The Morgan fingerprint density at radius 2 is 1.94 bits per heavy atom. The molecule has 100 valence electrons. The van der Waals surface area contributed by atoms with Crippen molar-refractivity contribution in [2.75, 3.05) is 5.73 Å². The summed E-state index contributed by atoms with van der Waals surface area (Å²) < 4.78 is 52.6. The maximum atomic E-state index is 12.9. The molecule has 0 fully saturated rings. The fraction of sp³-hybridized carbons (Fsp3) is 0.222. The molecule has 0 bridgehead atoms. The quantitative estimate of drug-likeness (QED) is 0.570. The summed E-state index contributed by atoms with van der Waals surface area (Å²) in [6.45, 7) is 0. The van der Waals surface area contributed by atoms with Crippen molar-refractivity contribution in [1.29, 1.82) is 0 Å². The minimum absolute atomic E-state index is 0.399. The average molecular weight is 269 g/mol. The first-order chi connectivity index (χ1) is 8.11. The fourth-order valence-corrected chi connectivity index (χ4v) is 1.21. The molecule has 5 nitrogen and oxygen atoms in total. The summed E-state index contributed by atoms with van der Waals surface area (Å²) in [6.07, 6.45) is -7.54. The second-order valence-corrected chi connectivity index (χ2v) is 3.20. The zero-order chi connectivity index (χ0) is 14.1. The van der Waals surface area contributed by atoms with Gasteiger partial charge in [0.05, 0.1) is 5.69 Å². The predicted octanol–water partition coefficient (Wildman–Crippen LogP) is 1.42. The molecule has 1 atom stereocenters. The van der Waals surface area contributed by atoms with E-state index in [1.807, 2.05) is 0 Å². The van der Waals surface area contributed by atoms with E-state index in [9.17, 15) is 22.4 Å². The summed E-state index contributed by atoms with van der Waals surface area (Å²) in [4.78, 5) is 10.5. The van der Waals surface area contributed by atoms with Crippen LogP contribution in [0.15, 0.2) is 12.1 Å². The number of rotatable bonds is 3. The number of hydrogen-bond acceptors (Lipinski definition) is 4. The van der Waals surface area contributed by atoms with Gasteiger partial charge >= 0.3 is 12.3 Å². The zero-order valence-corrected chi connectivity index (χ0v) is 8.53. The van der Waals surface area contributed by atoms with Crippen molar-refractivity contribution in [3.8, 4) is 5.75 Å². The molecule has 1 rings (SSSR count). The summed E-state index contributed by atoms with van der Waals surface area (Å²) in [6, 6.07) is 0.912. The van der Waals surface area contributed by atoms with Gasteiger partial charge in [-0.15, -0.1) is 13.2 Å². The summed E-state index contributed by atoms with van der Waals surface area (Å²) in [5.41, 5.74) is 3.40. The maximum Gasteiger partial charge on any atom is 0.573 e. The number of benzene rings is 1. The Hall–Kier alpha value is -2.03. The summed E-state index contributed by atoms with van der Waals surface area (Å²) in [5.74, 6) is -4.11. The van der Waals surface area contributed by atoms with Gasteiger partial charge < -0.3 is 20.7 Å². The van der Waals surface area contributed by atoms with Gasteiger partial charge in [0.1, 0.15) is 5.82 Å². The van der Waals surface area contributed by atoms with Gasteiger partial charge in [-0.2, -0.15) is 0 Å². The Labute approximate surface area is 97.4 Å². The number of nitrogens with two attached hydrogens (primary N) is 1. The molecule has 1 aromatic carbocycles. The van der Waals surface area contributed by atoms with E-state index in [0.29, 0.717) is 12.1 Å². The lowest BCUT2D eigenvalue weighted by atomic mass is 10.1. The number of carboxylic acids is 1. The molecule has 0 heterocycles. The Bertz CT molecular complexity index is 474. The molecule has 0 spiro atoms. The lowest BCUT2D eigenvalue weighted by molar-refractivity contribution is -0.274. The van der Waals surface area contributed by atoms with Crippen molar-refractivity contribution in [1.82, 2.24) is 0 Å². The SMILES string of the molecule is Nc1cc(F)cc(C(O)C(=O)O)c1OC(F)(F)F. The highest BCUT2D eigenvalue weighted by Crippen LogP contribution is 2.36. The molecule has 0 aromatic heterocycles. The Morgan fingerprint density at radius 1 is 1.39 bits per heavy atom. The van der Waals surface area contributed by atoms with Gasteiger partial charge in [0.25, 0.3) is 0 Å². The van der Waals surface area contributed by atoms with Crippen LogP contribution in [-0.4, -0.2) is 22.5 Å². The molecule has 0 saturated carbocycles. The first-order valence-corrected chi connectivity index (χ1v) is 4.37. The number of halogens is 4. The molecular formula is C9H7F4NO4. The molecule has 1 aromatic rings. The van der Waals surface area contributed by atoms with E-state index in [1.54, 1.807) is 0 Å². The van der Waals surface area contributed by atoms with Gasteiger partial charge in [0.15, 0.2) is 11.9 Å². The van der Waals surface area contributed by atoms with Crippen molar-refractivity contribution in [3.05, 3.63) is 23.5 Å². The van der Waals surface area contributed by atoms with E-state index in [2.05, 4.69) is 4.74 Å². The standard InChI is InChI=1S/C9H7F4NO4/c10-3-1-4(6(15)8(16)17)7(5(14)2-3)18-9(11,12)13/h1-2,6,15H,14H2,(H,16,17). The average Bonchev–Trinajstić information content (AvgIpc) is 2.18. The highest BCUT2D eigenvalue weighted by atomic mass is 19.4. The van der Waals surface area contributed by atoms with Crippen LogP contribution < -0.4 is 10.5 Å². The van der Waals surface area contributed by atoms with Gasteiger partial charge in [0.2, 0.25) is 0 Å². The van der Waals surface area contributed by atoms with E-state index < -0.39 is 41.3 Å². The molecule has 4 N–H and O–H groups in total. The summed E-state index contributed by atoms with van der Waals surface area (Å²) in [7, 11) is 0. The van der Waals surface area contributed by atoms with Gasteiger partial charge in [-0.25, -0.2) is 9.18 Å². The number of ether oxygens (including phenoxy) is 1. The van der Waals surface area contributed by atoms with E-state index >= 15 is 0 Å². The van der Waals surface area contributed by atoms with E-state index in [4.69, 9.17) is 15.9 Å². The number of aliphatic carboxylic acids is 1. The third kappa shape index (κ3) is 3.23. The Morgan fingerprint density at radius 3 is 2.39 bits per heavy atom. The number of carboxylic acid groups (broad SMARTS) is 1. The minimum Gasteiger partial charge on any atom is -0.479 e. The summed E-state index contributed by atoms with van der Waals surface area (Å²) >= 11 is 0. The fourth-order valence-electron chi connectivity index (χ4n) is 1.21. The Kier molecular flexibility index (Phi) is 3.65. The van der Waals surface area contributed by atoms with Crippen LogP contribution in [0.5, 0.6) is 5.75 Å². The molecule has 0 saturated heterocycles. The number of anilines is 1. The van der Waals surface area contributed by atoms with Crippen molar-refractivity contribution < 1.29 is 37.3 Å². The van der Waals surface area contributed by atoms with Crippen LogP contribution >= 0.6 is 0 Å². The summed E-state index contributed by atoms with van der Waals surface area (Å²) in [5, 5.41) is 17.6. The van der Waals surface area contributed by atoms with Crippen molar-refractivity contribution >= 4 is 11.7 Å². The molecular weight excluding hydrogens is 262 g/mol. The molecule has 0 aliphatic carbocycles. The third-order valence-electron chi connectivity index (χ3n) is 1.86. The Balaban J connectivity index is 3.34. The van der Waals surface area contributed by atoms with E-state index in [1.165, 1.54) is 0 Å². The van der Waals surface area contributed by atoms with Crippen LogP contribution in [0.2, 0.25) is 0 Å². The highest BCUT2D eigenvalue weighted by Gasteiger charge is 2.35. The van der Waals surface area contributed by atoms with Gasteiger partial charge in [-0.1, -0.05) is 0 Å². The molecule has 9 heteroatoms. The number of aliphatic hydroxyl groups excluding tert-OH is 1. The van der Waals surface area contributed by atoms with Crippen molar-refractivity contribution in [2.45, 2.75) is 12.5 Å². The van der Waals surface area contributed by atoms with Crippen LogP contribution in [0.4, 0.5) is 23.2 Å². The van der Waals surface area contributed by atoms with Crippen LogP contribution in [0, 0.1) is 5.82 Å².